The largest absolute Gasteiger partial charge is 0.493 e. The molecule has 0 radical (unpaired) electrons. The Hall–Kier alpha value is -4.90. The molecule has 2 amide bonds. The summed E-state index contributed by atoms with van der Waals surface area (Å²) in [4.78, 5) is 30.3. The summed E-state index contributed by atoms with van der Waals surface area (Å²) in [6.07, 6.45) is 5.08. The molecule has 50 heavy (non-hydrogen) atoms. The van der Waals surface area contributed by atoms with Gasteiger partial charge in [-0.05, 0) is 67.3 Å². The highest BCUT2D eigenvalue weighted by Gasteiger charge is 2.35. The first kappa shape index (κ1) is 36.4. The molecule has 1 saturated carbocycles. The Balaban J connectivity index is 1.57. The molecule has 4 aromatic carbocycles. The first-order valence-corrected chi connectivity index (χ1v) is 18.2. The maximum Gasteiger partial charge on any atom is 0.264 e. The summed E-state index contributed by atoms with van der Waals surface area (Å²) in [5.74, 6) is -0.946. The molecule has 0 aliphatic heterocycles. The van der Waals surface area contributed by atoms with E-state index >= 15 is 0 Å². The van der Waals surface area contributed by atoms with Gasteiger partial charge in [-0.2, -0.15) is 0 Å². The van der Waals surface area contributed by atoms with Crippen LogP contribution < -0.4 is 19.1 Å². The second kappa shape index (κ2) is 16.7. The summed E-state index contributed by atoms with van der Waals surface area (Å²) in [5, 5.41) is 3.21. The fourth-order valence-corrected chi connectivity index (χ4v) is 7.66. The van der Waals surface area contributed by atoms with Crippen molar-refractivity contribution in [3.63, 3.8) is 0 Å². The number of amides is 2. The van der Waals surface area contributed by atoms with Crippen LogP contribution in [0.15, 0.2) is 102 Å². The van der Waals surface area contributed by atoms with Gasteiger partial charge in [0.05, 0.1) is 24.8 Å². The fourth-order valence-electron chi connectivity index (χ4n) is 6.23. The van der Waals surface area contributed by atoms with Crippen LogP contribution in [0.25, 0.3) is 0 Å². The van der Waals surface area contributed by atoms with Crippen molar-refractivity contribution >= 4 is 27.5 Å². The van der Waals surface area contributed by atoms with Gasteiger partial charge >= 0.3 is 0 Å². The van der Waals surface area contributed by atoms with Crippen LogP contribution in [0.5, 0.6) is 11.5 Å². The van der Waals surface area contributed by atoms with E-state index in [4.69, 9.17) is 9.47 Å². The highest BCUT2D eigenvalue weighted by molar-refractivity contribution is 7.92. The minimum atomic E-state index is -4.43. The molecule has 0 heterocycles. The van der Waals surface area contributed by atoms with Gasteiger partial charge in [0.15, 0.2) is 11.5 Å². The van der Waals surface area contributed by atoms with E-state index in [9.17, 15) is 22.4 Å². The van der Waals surface area contributed by atoms with Crippen molar-refractivity contribution < 1.29 is 31.9 Å². The Morgan fingerprint density at radius 2 is 1.50 bits per heavy atom. The molecule has 1 aliphatic rings. The molecule has 0 spiro atoms. The molecule has 0 bridgehead atoms. The third-order valence-electron chi connectivity index (χ3n) is 9.03. The fraction of sp³-hybridized carbons (Fsp3) is 0.333. The standard InChI is InChI=1S/C39H44FN3O6S/c1-28-14-16-30(17-15-28)26-42(35(24-29-10-6-4-7-11-29)39(45)41-32-12-8-5-9-13-32)38(44)27-43(33-20-18-31(40)19-21-33)50(46,47)34-22-23-36(48-2)37(25-34)49-3/h4,6-7,10-11,14-23,25,32,35H,5,8-9,12-13,24,26-27H2,1-3H3,(H,41,45). The van der Waals surface area contributed by atoms with Crippen molar-refractivity contribution in [3.05, 3.63) is 120 Å². The van der Waals surface area contributed by atoms with Crippen LogP contribution >= 0.6 is 0 Å². The number of halogens is 1. The Morgan fingerprint density at radius 1 is 0.840 bits per heavy atom. The quantitative estimate of drug-likeness (QED) is 0.162. The van der Waals surface area contributed by atoms with Crippen molar-refractivity contribution in [1.29, 1.82) is 0 Å². The van der Waals surface area contributed by atoms with E-state index in [1.807, 2.05) is 61.5 Å². The normalized spacial score (nSPS) is 14.0. The molecule has 5 rings (SSSR count). The van der Waals surface area contributed by atoms with Gasteiger partial charge < -0.3 is 19.7 Å². The number of methoxy groups -OCH3 is 2. The number of carbonyl (C=O) groups excluding carboxylic acids is 2. The lowest BCUT2D eigenvalue weighted by Gasteiger charge is -2.35. The van der Waals surface area contributed by atoms with Gasteiger partial charge in [-0.25, -0.2) is 12.8 Å². The average molecular weight is 702 g/mol. The molecule has 1 fully saturated rings. The molecule has 1 N–H and O–H groups in total. The van der Waals surface area contributed by atoms with Crippen LogP contribution in [0.1, 0.15) is 48.8 Å². The number of ether oxygens (including phenoxy) is 2. The first-order valence-electron chi connectivity index (χ1n) is 16.8. The number of rotatable bonds is 14. The summed E-state index contributed by atoms with van der Waals surface area (Å²) >= 11 is 0. The first-order chi connectivity index (χ1) is 24.1. The summed E-state index contributed by atoms with van der Waals surface area (Å²) < 4.78 is 54.5. The number of nitrogens with zero attached hydrogens (tertiary/aromatic N) is 2. The van der Waals surface area contributed by atoms with Crippen LogP contribution in [0, 0.1) is 12.7 Å². The van der Waals surface area contributed by atoms with Gasteiger partial charge in [-0.15, -0.1) is 0 Å². The van der Waals surface area contributed by atoms with Crippen LogP contribution in [0.4, 0.5) is 10.1 Å². The molecular weight excluding hydrogens is 658 g/mol. The topological polar surface area (TPSA) is 105 Å². The second-order valence-electron chi connectivity index (χ2n) is 12.6. The lowest BCUT2D eigenvalue weighted by atomic mass is 9.94. The van der Waals surface area contributed by atoms with Crippen molar-refractivity contribution in [2.24, 2.45) is 0 Å². The third kappa shape index (κ3) is 9.01. The Bertz CT molecular complexity index is 1850. The molecule has 1 aliphatic carbocycles. The van der Waals surface area contributed by atoms with Crippen LogP contribution in [-0.2, 0) is 32.6 Å². The minimum Gasteiger partial charge on any atom is -0.493 e. The number of hydrogen-bond donors (Lipinski definition) is 1. The number of benzene rings is 4. The summed E-state index contributed by atoms with van der Waals surface area (Å²) in [7, 11) is -1.60. The Kier molecular flexibility index (Phi) is 12.1. The number of nitrogens with one attached hydrogen (secondary N) is 1. The van der Waals surface area contributed by atoms with Crippen LogP contribution in [-0.4, -0.2) is 58.0 Å². The molecule has 1 unspecified atom stereocenters. The zero-order valence-electron chi connectivity index (χ0n) is 28.7. The Morgan fingerprint density at radius 3 is 2.14 bits per heavy atom. The smallest absolute Gasteiger partial charge is 0.264 e. The van der Waals surface area contributed by atoms with Gasteiger partial charge in [0.25, 0.3) is 10.0 Å². The average Bonchev–Trinajstić information content (AvgIpc) is 3.13. The lowest BCUT2D eigenvalue weighted by Crippen LogP contribution is -2.55. The van der Waals surface area contributed by atoms with Gasteiger partial charge in [-0.3, -0.25) is 13.9 Å². The molecule has 0 saturated heterocycles. The van der Waals surface area contributed by atoms with E-state index in [1.54, 1.807) is 0 Å². The molecular formula is C39H44FN3O6S. The summed E-state index contributed by atoms with van der Waals surface area (Å²) in [6.45, 7) is 1.36. The summed E-state index contributed by atoms with van der Waals surface area (Å²) in [6, 6.07) is 25.2. The monoisotopic (exact) mass is 701 g/mol. The van der Waals surface area contributed by atoms with Crippen molar-refractivity contribution in [2.75, 3.05) is 25.1 Å². The predicted octanol–water partition coefficient (Wildman–Crippen LogP) is 6.44. The Labute approximate surface area is 294 Å². The number of carbonyl (C=O) groups is 2. The second-order valence-corrected chi connectivity index (χ2v) is 14.4. The molecule has 11 heteroatoms. The van der Waals surface area contributed by atoms with Crippen molar-refractivity contribution in [1.82, 2.24) is 10.2 Å². The molecule has 9 nitrogen and oxygen atoms in total. The van der Waals surface area contributed by atoms with E-state index < -0.39 is 34.3 Å². The highest BCUT2D eigenvalue weighted by atomic mass is 32.2. The number of aryl methyl sites for hydroxylation is 1. The number of anilines is 1. The zero-order valence-corrected chi connectivity index (χ0v) is 29.5. The van der Waals surface area contributed by atoms with E-state index in [1.165, 1.54) is 49.5 Å². The van der Waals surface area contributed by atoms with Gasteiger partial charge in [-0.1, -0.05) is 79.4 Å². The highest BCUT2D eigenvalue weighted by Crippen LogP contribution is 2.32. The molecule has 4 aromatic rings. The maximum absolute atomic E-state index is 14.7. The van der Waals surface area contributed by atoms with Gasteiger partial charge in [0, 0.05) is 25.1 Å². The van der Waals surface area contributed by atoms with Gasteiger partial charge in [0.1, 0.15) is 18.4 Å². The summed E-state index contributed by atoms with van der Waals surface area (Å²) in [5.41, 5.74) is 2.75. The predicted molar refractivity (Wildman–Crippen MR) is 191 cm³/mol. The zero-order chi connectivity index (χ0) is 35.7. The van der Waals surface area contributed by atoms with Crippen LogP contribution in [0.3, 0.4) is 0 Å². The molecule has 0 aromatic heterocycles. The maximum atomic E-state index is 14.7. The number of sulfonamides is 1. The van der Waals surface area contributed by atoms with E-state index in [0.29, 0.717) is 5.75 Å². The van der Waals surface area contributed by atoms with E-state index in [-0.39, 0.29) is 41.2 Å². The van der Waals surface area contributed by atoms with E-state index in [2.05, 4.69) is 5.32 Å². The molecule has 1 atom stereocenters. The van der Waals surface area contributed by atoms with Crippen molar-refractivity contribution in [2.45, 2.75) is 69.0 Å². The molecule has 264 valence electrons. The number of hydrogen-bond acceptors (Lipinski definition) is 6. The third-order valence-corrected chi connectivity index (χ3v) is 10.8. The SMILES string of the molecule is COc1ccc(S(=O)(=O)N(CC(=O)N(Cc2ccc(C)cc2)C(Cc2ccccc2)C(=O)NC2CCCCC2)c2ccc(F)cc2)cc1OC. The van der Waals surface area contributed by atoms with E-state index in [0.717, 1.165) is 65.2 Å². The minimum absolute atomic E-state index is 0.00741. The van der Waals surface area contributed by atoms with Gasteiger partial charge in [0.2, 0.25) is 11.8 Å². The van der Waals surface area contributed by atoms with Crippen molar-refractivity contribution in [3.8, 4) is 11.5 Å². The lowest BCUT2D eigenvalue weighted by molar-refractivity contribution is -0.140. The van der Waals surface area contributed by atoms with Crippen LogP contribution in [0.2, 0.25) is 0 Å².